The molecule has 3 aromatic heterocycles. The number of rotatable bonds is 12. The van der Waals surface area contributed by atoms with Crippen LogP contribution in [0.3, 0.4) is 0 Å². The summed E-state index contributed by atoms with van der Waals surface area (Å²) >= 11 is 20.6. The number of carbonyl (C=O) groups is 2. The number of carbonyl (C=O) groups excluding carboxylic acids is 2. The van der Waals surface area contributed by atoms with Gasteiger partial charge < -0.3 is 25.3 Å². The van der Waals surface area contributed by atoms with E-state index in [4.69, 9.17) is 44.5 Å². The van der Waals surface area contributed by atoms with Gasteiger partial charge in [0.05, 0.1) is 51.6 Å². The molecule has 49 heavy (non-hydrogen) atoms. The van der Waals surface area contributed by atoms with Crippen LogP contribution < -0.4 is 20.7 Å². The van der Waals surface area contributed by atoms with Crippen molar-refractivity contribution >= 4 is 52.3 Å². The second-order valence-electron chi connectivity index (χ2n) is 12.0. The van der Waals surface area contributed by atoms with Crippen molar-refractivity contribution in [2.45, 2.75) is 44.8 Å². The summed E-state index contributed by atoms with van der Waals surface area (Å²) < 4.78 is 20.1. The van der Waals surface area contributed by atoms with Gasteiger partial charge in [-0.15, -0.1) is 0 Å². The monoisotopic (exact) mass is 728 g/mol. The van der Waals surface area contributed by atoms with Gasteiger partial charge in [0, 0.05) is 87.2 Å². The number of aromatic nitrogens is 4. The quantitative estimate of drug-likeness (QED) is 0.166. The molecule has 2 aliphatic rings. The summed E-state index contributed by atoms with van der Waals surface area (Å²) in [7, 11) is 3.34. The fourth-order valence-corrected chi connectivity index (χ4v) is 7.09. The number of alkyl halides is 1. The van der Waals surface area contributed by atoms with Gasteiger partial charge in [0.15, 0.2) is 5.82 Å². The maximum Gasteiger partial charge on any atom is 0.291 e. The number of pyridine rings is 2. The second-order valence-corrected chi connectivity index (χ2v) is 13.2. The largest absolute Gasteiger partial charge is 0.481 e. The van der Waals surface area contributed by atoms with Crippen LogP contribution in [-0.2, 0) is 31.4 Å². The molecule has 4 aromatic rings. The number of nitrogens with one attached hydrogen (secondary N) is 3. The summed E-state index contributed by atoms with van der Waals surface area (Å²) in [5.41, 5.74) is 4.79. The van der Waals surface area contributed by atoms with E-state index in [0.29, 0.717) is 83.7 Å². The Morgan fingerprint density at radius 2 is 1.98 bits per heavy atom. The third-order valence-corrected chi connectivity index (χ3v) is 9.94. The summed E-state index contributed by atoms with van der Waals surface area (Å²) in [6, 6.07) is 8.74. The van der Waals surface area contributed by atoms with Gasteiger partial charge >= 0.3 is 0 Å². The molecule has 0 unspecified atom stereocenters. The van der Waals surface area contributed by atoms with Gasteiger partial charge in [-0.3, -0.25) is 23.9 Å². The third kappa shape index (κ3) is 7.53. The van der Waals surface area contributed by atoms with Crippen LogP contribution in [0.2, 0.25) is 15.1 Å². The Hall–Kier alpha value is -3.81. The molecule has 1 atom stereocenters. The van der Waals surface area contributed by atoms with E-state index in [1.807, 2.05) is 7.05 Å². The molecule has 0 radical (unpaired) electrons. The van der Waals surface area contributed by atoms with E-state index >= 15 is 0 Å². The molecule has 258 valence electrons. The van der Waals surface area contributed by atoms with Crippen molar-refractivity contribution in [2.75, 3.05) is 38.7 Å². The van der Waals surface area contributed by atoms with E-state index in [0.717, 1.165) is 30.8 Å². The molecule has 11 nitrogen and oxygen atoms in total. The van der Waals surface area contributed by atoms with Crippen molar-refractivity contribution in [2.24, 2.45) is 7.05 Å². The first-order chi connectivity index (χ1) is 23.7. The number of hydrogen-bond acceptors (Lipinski definition) is 8. The first kappa shape index (κ1) is 35.0. The maximum absolute atomic E-state index is 13.5. The maximum atomic E-state index is 13.5. The lowest BCUT2D eigenvalue weighted by atomic mass is 10.1. The predicted molar refractivity (Wildman–Crippen MR) is 188 cm³/mol. The highest BCUT2D eigenvalue weighted by molar-refractivity contribution is 6.39. The van der Waals surface area contributed by atoms with Crippen LogP contribution in [0.15, 0.2) is 36.5 Å². The summed E-state index contributed by atoms with van der Waals surface area (Å²) in [6.45, 7) is 2.63. The standard InChI is InChI=1S/C34H36Cl3FN8O3/c1-45-27-10-14-46(13-4-11-38)18-26(27)42-32(45)33(48)43-24-6-3-5-21(29(24)36)31-30(37)20(9-12-40-31)25-15-23(35)22(34(44-25)49-2)17-39-16-19-7-8-28(47)41-19/h3,5-6,9,12,15,19,39H,4,7-8,10-11,13-14,16-18H2,1-2H3,(H,41,47)(H,43,48)/t19-/m0/s1. The van der Waals surface area contributed by atoms with E-state index in [1.165, 1.54) is 7.11 Å². The smallest absolute Gasteiger partial charge is 0.291 e. The third-order valence-electron chi connectivity index (χ3n) is 8.82. The molecule has 0 spiro atoms. The topological polar surface area (TPSA) is 126 Å². The molecule has 1 saturated heterocycles. The predicted octanol–water partition coefficient (Wildman–Crippen LogP) is 5.85. The van der Waals surface area contributed by atoms with E-state index in [1.54, 1.807) is 41.1 Å². The van der Waals surface area contributed by atoms with Crippen molar-refractivity contribution in [3.05, 3.63) is 74.4 Å². The Balaban J connectivity index is 1.22. The number of amides is 2. The molecule has 3 N–H and O–H groups in total. The summed E-state index contributed by atoms with van der Waals surface area (Å²) in [5, 5.41) is 10.1. The van der Waals surface area contributed by atoms with Gasteiger partial charge in [0.2, 0.25) is 11.8 Å². The summed E-state index contributed by atoms with van der Waals surface area (Å²) in [6.07, 6.45) is 4.11. The Labute approximate surface area is 298 Å². The molecule has 0 aliphatic carbocycles. The lowest BCUT2D eigenvalue weighted by Gasteiger charge is -2.26. The lowest BCUT2D eigenvalue weighted by molar-refractivity contribution is -0.119. The first-order valence-corrected chi connectivity index (χ1v) is 17.1. The lowest BCUT2D eigenvalue weighted by Crippen LogP contribution is -2.35. The molecule has 0 saturated carbocycles. The van der Waals surface area contributed by atoms with Crippen LogP contribution in [-0.4, -0.2) is 75.7 Å². The normalized spacial score (nSPS) is 16.0. The van der Waals surface area contributed by atoms with E-state index in [9.17, 15) is 14.0 Å². The number of imidazole rings is 1. The molecule has 6 rings (SSSR count). The Morgan fingerprint density at radius 3 is 2.73 bits per heavy atom. The van der Waals surface area contributed by atoms with Crippen LogP contribution in [0.4, 0.5) is 10.1 Å². The molecule has 1 fully saturated rings. The number of halogens is 4. The zero-order chi connectivity index (χ0) is 34.7. The van der Waals surface area contributed by atoms with Gasteiger partial charge in [0.1, 0.15) is 0 Å². The molecule has 1 aromatic carbocycles. The van der Waals surface area contributed by atoms with Crippen molar-refractivity contribution in [3.8, 4) is 28.4 Å². The number of hydrogen-bond donors (Lipinski definition) is 3. The van der Waals surface area contributed by atoms with Crippen molar-refractivity contribution in [1.29, 1.82) is 0 Å². The highest BCUT2D eigenvalue weighted by Crippen LogP contribution is 2.41. The Kier molecular flexibility index (Phi) is 11.0. The molecule has 0 bridgehead atoms. The Bertz CT molecular complexity index is 1890. The van der Waals surface area contributed by atoms with Crippen LogP contribution in [0.1, 0.15) is 46.8 Å². The minimum absolute atomic E-state index is 0.0581. The van der Waals surface area contributed by atoms with E-state index in [-0.39, 0.29) is 34.5 Å². The average Bonchev–Trinajstić information content (AvgIpc) is 3.67. The van der Waals surface area contributed by atoms with Crippen LogP contribution >= 0.6 is 34.8 Å². The number of fused-ring (bicyclic) bond motifs is 1. The van der Waals surface area contributed by atoms with Gasteiger partial charge in [-0.25, -0.2) is 9.97 Å². The van der Waals surface area contributed by atoms with Crippen LogP contribution in [0, 0.1) is 0 Å². The highest BCUT2D eigenvalue weighted by atomic mass is 35.5. The summed E-state index contributed by atoms with van der Waals surface area (Å²) in [5.74, 6) is 0.249. The van der Waals surface area contributed by atoms with E-state index < -0.39 is 5.91 Å². The van der Waals surface area contributed by atoms with Crippen LogP contribution in [0.25, 0.3) is 22.5 Å². The van der Waals surface area contributed by atoms with E-state index in [2.05, 4.69) is 30.8 Å². The van der Waals surface area contributed by atoms with Gasteiger partial charge in [-0.1, -0.05) is 46.9 Å². The fourth-order valence-electron chi connectivity index (χ4n) is 6.27. The van der Waals surface area contributed by atoms with Gasteiger partial charge in [-0.05, 0) is 31.0 Å². The van der Waals surface area contributed by atoms with Crippen molar-refractivity contribution in [3.63, 3.8) is 0 Å². The number of anilines is 1. The molecule has 5 heterocycles. The molecule has 2 aliphatic heterocycles. The van der Waals surface area contributed by atoms with Crippen molar-refractivity contribution < 1.29 is 18.7 Å². The molecular weight excluding hydrogens is 694 g/mol. The SMILES string of the molecule is COc1nc(-c2ccnc(-c3cccc(NC(=O)c4nc5c(n4C)CCN(CCCF)C5)c3Cl)c2Cl)cc(Cl)c1CNC[C@@H]1CCC(=O)N1. The number of nitrogens with zero attached hydrogens (tertiary/aromatic N) is 5. The average molecular weight is 730 g/mol. The number of ether oxygens (including phenoxy) is 1. The minimum Gasteiger partial charge on any atom is -0.481 e. The van der Waals surface area contributed by atoms with Gasteiger partial charge in [0.25, 0.3) is 5.91 Å². The number of benzene rings is 1. The summed E-state index contributed by atoms with van der Waals surface area (Å²) in [4.78, 5) is 41.0. The molecule has 2 amide bonds. The van der Waals surface area contributed by atoms with Gasteiger partial charge in [-0.2, -0.15) is 0 Å². The zero-order valence-corrected chi connectivity index (χ0v) is 29.4. The molecular formula is C34H36Cl3FN8O3. The zero-order valence-electron chi connectivity index (χ0n) is 27.1. The molecule has 15 heteroatoms. The highest BCUT2D eigenvalue weighted by Gasteiger charge is 2.27. The number of methoxy groups -OCH3 is 1. The minimum atomic E-state index is -0.410. The Morgan fingerprint density at radius 1 is 1.14 bits per heavy atom. The second kappa shape index (κ2) is 15.4. The van der Waals surface area contributed by atoms with Crippen LogP contribution in [0.5, 0.6) is 5.88 Å². The first-order valence-electron chi connectivity index (χ1n) is 16.0. The fraction of sp³-hybridized carbons (Fsp3) is 0.382. The van der Waals surface area contributed by atoms with Crippen molar-refractivity contribution in [1.82, 2.24) is 35.1 Å².